The first-order valence-corrected chi connectivity index (χ1v) is 10.0. The minimum absolute atomic E-state index is 0.283. The van der Waals surface area contributed by atoms with Crippen LogP contribution in [0.2, 0.25) is 5.02 Å². The van der Waals surface area contributed by atoms with E-state index in [1.807, 2.05) is 58.6 Å². The van der Waals surface area contributed by atoms with Crippen molar-refractivity contribution in [1.29, 1.82) is 0 Å². The van der Waals surface area contributed by atoms with E-state index in [1.165, 1.54) is 0 Å². The molecule has 7 nitrogen and oxygen atoms in total. The van der Waals surface area contributed by atoms with E-state index in [-0.39, 0.29) is 6.61 Å². The molecule has 2 aromatic carbocycles. The van der Waals surface area contributed by atoms with Crippen molar-refractivity contribution in [3.05, 3.63) is 76.5 Å². The Labute approximate surface area is 177 Å². The Morgan fingerprint density at radius 3 is 2.80 bits per heavy atom. The molecule has 0 aliphatic carbocycles. The fourth-order valence-electron chi connectivity index (χ4n) is 3.80. The van der Waals surface area contributed by atoms with Gasteiger partial charge in [-0.15, -0.1) is 5.10 Å². The summed E-state index contributed by atoms with van der Waals surface area (Å²) in [5, 5.41) is 9.49. The SMILES string of the molecule is CCOC(=O)c1ncn2c1Cc1c(-c3ccccc3Cl)nnn1-c1cc(C)ccc1-2. The van der Waals surface area contributed by atoms with Gasteiger partial charge in [0, 0.05) is 12.0 Å². The average Bonchev–Trinajstić information content (AvgIpc) is 3.31. The molecule has 5 rings (SSSR count). The number of carbonyl (C=O) groups excluding carboxylic acids is 1. The summed E-state index contributed by atoms with van der Waals surface area (Å²) in [5.74, 6) is -0.444. The van der Waals surface area contributed by atoms with Gasteiger partial charge in [0.25, 0.3) is 0 Å². The van der Waals surface area contributed by atoms with Crippen molar-refractivity contribution in [3.8, 4) is 22.6 Å². The first kappa shape index (κ1) is 18.6. The van der Waals surface area contributed by atoms with E-state index in [4.69, 9.17) is 16.3 Å². The van der Waals surface area contributed by atoms with Crippen LogP contribution in [0.15, 0.2) is 48.8 Å². The Kier molecular flexibility index (Phi) is 4.40. The molecule has 0 spiro atoms. The number of aromatic nitrogens is 5. The van der Waals surface area contributed by atoms with Crippen molar-refractivity contribution in [3.63, 3.8) is 0 Å². The van der Waals surface area contributed by atoms with Crippen LogP contribution in [0.5, 0.6) is 0 Å². The number of fused-ring (bicyclic) bond motifs is 5. The molecule has 0 fully saturated rings. The maximum Gasteiger partial charge on any atom is 0.358 e. The zero-order valence-electron chi connectivity index (χ0n) is 16.5. The van der Waals surface area contributed by atoms with Crippen molar-refractivity contribution >= 4 is 17.6 Å². The zero-order chi connectivity index (χ0) is 20.8. The van der Waals surface area contributed by atoms with Gasteiger partial charge >= 0.3 is 5.97 Å². The molecule has 0 N–H and O–H groups in total. The number of hydrogen-bond donors (Lipinski definition) is 0. The summed E-state index contributed by atoms with van der Waals surface area (Å²) >= 11 is 6.46. The Morgan fingerprint density at radius 1 is 1.17 bits per heavy atom. The van der Waals surface area contributed by atoms with Gasteiger partial charge in [-0.25, -0.2) is 14.5 Å². The first-order chi connectivity index (χ1) is 14.6. The molecule has 8 heteroatoms. The molecule has 0 radical (unpaired) electrons. The number of carbonyl (C=O) groups is 1. The number of ether oxygens (including phenoxy) is 1. The van der Waals surface area contributed by atoms with Crippen LogP contribution in [0.4, 0.5) is 0 Å². The zero-order valence-corrected chi connectivity index (χ0v) is 17.2. The summed E-state index contributed by atoms with van der Waals surface area (Å²) < 4.78 is 8.97. The summed E-state index contributed by atoms with van der Waals surface area (Å²) in [7, 11) is 0. The molecular weight excluding hydrogens is 402 g/mol. The van der Waals surface area contributed by atoms with Crippen molar-refractivity contribution in [2.24, 2.45) is 0 Å². The van der Waals surface area contributed by atoms with Crippen LogP contribution >= 0.6 is 11.6 Å². The number of nitrogens with zero attached hydrogens (tertiary/aromatic N) is 5. The fraction of sp³-hybridized carbons (Fsp3) is 0.182. The quantitative estimate of drug-likeness (QED) is 0.410. The minimum Gasteiger partial charge on any atom is -0.461 e. The minimum atomic E-state index is -0.444. The van der Waals surface area contributed by atoms with Gasteiger partial charge in [0.15, 0.2) is 5.69 Å². The summed E-state index contributed by atoms with van der Waals surface area (Å²) in [6.07, 6.45) is 2.06. The standard InChI is InChI=1S/C22H18ClN5O2/c1-3-30-22(29)21-18-11-19-20(14-6-4-5-7-15(14)23)25-26-28(19)17-10-13(2)8-9-16(17)27(18)12-24-21/h4-10,12H,3,11H2,1-2H3. The lowest BCUT2D eigenvalue weighted by atomic mass is 10.1. The highest BCUT2D eigenvalue weighted by atomic mass is 35.5. The molecule has 0 bridgehead atoms. The third-order valence-electron chi connectivity index (χ3n) is 5.18. The average molecular weight is 420 g/mol. The summed E-state index contributed by atoms with van der Waals surface area (Å²) in [6, 6.07) is 13.6. The fourth-order valence-corrected chi connectivity index (χ4v) is 4.03. The van der Waals surface area contributed by atoms with Gasteiger partial charge in [0.05, 0.1) is 34.4 Å². The Morgan fingerprint density at radius 2 is 2.00 bits per heavy atom. The first-order valence-electron chi connectivity index (χ1n) is 9.62. The van der Waals surface area contributed by atoms with Crippen LogP contribution in [0.3, 0.4) is 0 Å². The maximum atomic E-state index is 12.6. The lowest BCUT2D eigenvalue weighted by Crippen LogP contribution is -2.10. The number of aryl methyl sites for hydroxylation is 1. The van der Waals surface area contributed by atoms with E-state index in [0.29, 0.717) is 22.8 Å². The normalized spacial score (nSPS) is 12.0. The van der Waals surface area contributed by atoms with Crippen molar-refractivity contribution in [2.45, 2.75) is 20.3 Å². The topological polar surface area (TPSA) is 74.8 Å². The predicted molar refractivity (Wildman–Crippen MR) is 112 cm³/mol. The highest BCUT2D eigenvalue weighted by Crippen LogP contribution is 2.35. The highest BCUT2D eigenvalue weighted by molar-refractivity contribution is 6.33. The molecule has 3 heterocycles. The van der Waals surface area contributed by atoms with E-state index in [9.17, 15) is 4.79 Å². The number of esters is 1. The molecule has 0 unspecified atom stereocenters. The molecule has 0 saturated heterocycles. The summed E-state index contributed by atoms with van der Waals surface area (Å²) in [4.78, 5) is 16.9. The molecule has 0 saturated carbocycles. The number of hydrogen-bond acceptors (Lipinski definition) is 5. The Balaban J connectivity index is 1.79. The van der Waals surface area contributed by atoms with Gasteiger partial charge < -0.3 is 4.74 Å². The third kappa shape index (κ3) is 2.81. The van der Waals surface area contributed by atoms with Crippen LogP contribution in [0, 0.1) is 6.92 Å². The van der Waals surface area contributed by atoms with Crippen LogP contribution in [0.1, 0.15) is 34.4 Å². The second kappa shape index (κ2) is 7.11. The highest BCUT2D eigenvalue weighted by Gasteiger charge is 2.29. The Bertz CT molecular complexity index is 1290. The lowest BCUT2D eigenvalue weighted by molar-refractivity contribution is 0.0519. The summed E-state index contributed by atoms with van der Waals surface area (Å²) in [5.41, 5.74) is 6.15. The maximum absolute atomic E-state index is 12.6. The van der Waals surface area contributed by atoms with Gasteiger partial charge in [-0.3, -0.25) is 4.57 Å². The number of benzene rings is 2. The number of imidazole rings is 1. The molecule has 0 atom stereocenters. The lowest BCUT2D eigenvalue weighted by Gasteiger charge is -2.10. The van der Waals surface area contributed by atoms with E-state index < -0.39 is 5.97 Å². The van der Waals surface area contributed by atoms with Crippen molar-refractivity contribution < 1.29 is 9.53 Å². The van der Waals surface area contributed by atoms with Gasteiger partial charge in [0.2, 0.25) is 0 Å². The predicted octanol–water partition coefficient (Wildman–Crippen LogP) is 4.16. The summed E-state index contributed by atoms with van der Waals surface area (Å²) in [6.45, 7) is 4.08. The number of halogens is 1. The third-order valence-corrected chi connectivity index (χ3v) is 5.51. The monoisotopic (exact) mass is 419 g/mol. The van der Waals surface area contributed by atoms with Crippen LogP contribution in [0.25, 0.3) is 22.6 Å². The van der Waals surface area contributed by atoms with Gasteiger partial charge in [-0.2, -0.15) is 0 Å². The van der Waals surface area contributed by atoms with Gasteiger partial charge in [-0.05, 0) is 37.6 Å². The Hall–Kier alpha value is -3.45. The molecule has 2 aromatic heterocycles. The molecule has 0 amide bonds. The second-order valence-corrected chi connectivity index (χ2v) is 7.48. The van der Waals surface area contributed by atoms with Crippen LogP contribution in [-0.2, 0) is 11.2 Å². The van der Waals surface area contributed by atoms with Crippen molar-refractivity contribution in [2.75, 3.05) is 6.61 Å². The molecular formula is C22H18ClN5O2. The number of rotatable bonds is 3. The largest absolute Gasteiger partial charge is 0.461 e. The van der Waals surface area contributed by atoms with E-state index in [2.05, 4.69) is 15.3 Å². The van der Waals surface area contributed by atoms with E-state index in [1.54, 1.807) is 13.3 Å². The molecule has 1 aliphatic heterocycles. The van der Waals surface area contributed by atoms with Gasteiger partial charge in [0.1, 0.15) is 12.0 Å². The molecule has 150 valence electrons. The second-order valence-electron chi connectivity index (χ2n) is 7.08. The molecule has 4 aromatic rings. The smallest absolute Gasteiger partial charge is 0.358 e. The van der Waals surface area contributed by atoms with E-state index in [0.717, 1.165) is 33.9 Å². The molecule has 30 heavy (non-hydrogen) atoms. The van der Waals surface area contributed by atoms with Crippen molar-refractivity contribution in [1.82, 2.24) is 24.5 Å². The van der Waals surface area contributed by atoms with Gasteiger partial charge in [-0.1, -0.05) is 41.1 Å². The van der Waals surface area contributed by atoms with Crippen LogP contribution in [-0.4, -0.2) is 37.1 Å². The van der Waals surface area contributed by atoms with E-state index >= 15 is 0 Å². The molecule has 1 aliphatic rings. The van der Waals surface area contributed by atoms with Crippen LogP contribution < -0.4 is 0 Å².